The molecule has 0 spiro atoms. The average molecular weight is 278 g/mol. The number of anilines is 1. The van der Waals surface area contributed by atoms with Gasteiger partial charge in [0.05, 0.1) is 0 Å². The van der Waals surface area contributed by atoms with Gasteiger partial charge in [0.2, 0.25) is 5.95 Å². The molecule has 1 aromatic heterocycles. The van der Waals surface area contributed by atoms with Crippen LogP contribution in [-0.2, 0) is 4.79 Å². The molecule has 2 rings (SSSR count). The van der Waals surface area contributed by atoms with E-state index in [9.17, 15) is 9.90 Å². The summed E-state index contributed by atoms with van der Waals surface area (Å²) in [6.07, 6.45) is 0.634. The molecule has 1 aliphatic rings. The molecule has 6 heteroatoms. The summed E-state index contributed by atoms with van der Waals surface area (Å²) in [5, 5.41) is 9.20. The minimum atomic E-state index is -0.733. The maximum absolute atomic E-state index is 11.2. The summed E-state index contributed by atoms with van der Waals surface area (Å²) in [7, 11) is 0. The lowest BCUT2D eigenvalue weighted by Gasteiger charge is -2.37. The molecule has 1 N–H and O–H groups in total. The molecular weight excluding hydrogens is 256 g/mol. The molecule has 0 aromatic carbocycles. The molecule has 0 aliphatic carbocycles. The van der Waals surface area contributed by atoms with Crippen LogP contribution in [-0.4, -0.2) is 58.2 Å². The van der Waals surface area contributed by atoms with Gasteiger partial charge in [0.15, 0.2) is 0 Å². The maximum Gasteiger partial charge on any atom is 0.320 e. The minimum Gasteiger partial charge on any atom is -0.480 e. The monoisotopic (exact) mass is 278 g/mol. The van der Waals surface area contributed by atoms with E-state index in [-0.39, 0.29) is 6.04 Å². The van der Waals surface area contributed by atoms with Gasteiger partial charge in [-0.05, 0) is 26.3 Å². The van der Waals surface area contributed by atoms with Crippen molar-refractivity contribution >= 4 is 11.9 Å². The van der Waals surface area contributed by atoms with Crippen LogP contribution in [0.4, 0.5) is 5.95 Å². The van der Waals surface area contributed by atoms with Gasteiger partial charge in [-0.3, -0.25) is 9.69 Å². The van der Waals surface area contributed by atoms with Crippen LogP contribution in [0.5, 0.6) is 0 Å². The van der Waals surface area contributed by atoms with E-state index in [0.29, 0.717) is 6.42 Å². The summed E-state index contributed by atoms with van der Waals surface area (Å²) in [4.78, 5) is 24.3. The van der Waals surface area contributed by atoms with Crippen molar-refractivity contribution in [2.45, 2.75) is 33.2 Å². The van der Waals surface area contributed by atoms with Gasteiger partial charge in [-0.1, -0.05) is 6.92 Å². The zero-order chi connectivity index (χ0) is 14.7. The Morgan fingerprint density at radius 3 is 2.25 bits per heavy atom. The number of piperazine rings is 1. The van der Waals surface area contributed by atoms with Crippen LogP contribution in [0.15, 0.2) is 6.07 Å². The molecule has 2 heterocycles. The highest BCUT2D eigenvalue weighted by atomic mass is 16.4. The molecule has 20 heavy (non-hydrogen) atoms. The van der Waals surface area contributed by atoms with Gasteiger partial charge in [0, 0.05) is 37.6 Å². The molecule has 0 bridgehead atoms. The fourth-order valence-electron chi connectivity index (χ4n) is 2.67. The van der Waals surface area contributed by atoms with E-state index in [0.717, 1.165) is 43.5 Å². The van der Waals surface area contributed by atoms with Crippen LogP contribution < -0.4 is 4.90 Å². The predicted molar refractivity (Wildman–Crippen MR) is 77.0 cm³/mol. The lowest BCUT2D eigenvalue weighted by Crippen LogP contribution is -2.53. The molecule has 0 amide bonds. The largest absolute Gasteiger partial charge is 0.480 e. The Hall–Kier alpha value is -1.69. The standard InChI is InChI=1S/C14H22N4O2/c1-4-12(13(19)20)17-5-7-18(8-6-17)14-15-10(2)9-11(3)16-14/h9,12H,4-8H2,1-3H3,(H,19,20). The normalized spacial score (nSPS) is 18.1. The third-order valence-corrected chi connectivity index (χ3v) is 3.68. The van der Waals surface area contributed by atoms with Gasteiger partial charge in [0.1, 0.15) is 6.04 Å². The van der Waals surface area contributed by atoms with Crippen molar-refractivity contribution < 1.29 is 9.90 Å². The van der Waals surface area contributed by atoms with Gasteiger partial charge >= 0.3 is 5.97 Å². The fraction of sp³-hybridized carbons (Fsp3) is 0.643. The number of carbonyl (C=O) groups is 1. The lowest BCUT2D eigenvalue weighted by molar-refractivity contribution is -0.143. The fourth-order valence-corrected chi connectivity index (χ4v) is 2.67. The molecule has 1 aromatic rings. The Labute approximate surface area is 119 Å². The molecule has 110 valence electrons. The van der Waals surface area contributed by atoms with E-state index in [2.05, 4.69) is 14.9 Å². The van der Waals surface area contributed by atoms with E-state index in [1.807, 2.05) is 31.7 Å². The third-order valence-electron chi connectivity index (χ3n) is 3.68. The number of nitrogens with zero attached hydrogens (tertiary/aromatic N) is 4. The predicted octanol–water partition coefficient (Wildman–Crippen LogP) is 1.08. The van der Waals surface area contributed by atoms with E-state index in [4.69, 9.17) is 0 Å². The first-order valence-corrected chi connectivity index (χ1v) is 7.05. The van der Waals surface area contributed by atoms with Crippen molar-refractivity contribution in [3.63, 3.8) is 0 Å². The average Bonchev–Trinajstić information content (AvgIpc) is 2.38. The maximum atomic E-state index is 11.2. The molecule has 1 unspecified atom stereocenters. The SMILES string of the molecule is CCC(C(=O)O)N1CCN(c2nc(C)cc(C)n2)CC1. The number of aliphatic carboxylic acids is 1. The van der Waals surface area contributed by atoms with Crippen molar-refractivity contribution in [1.82, 2.24) is 14.9 Å². The molecule has 1 fully saturated rings. The molecule has 0 saturated carbocycles. The first-order valence-electron chi connectivity index (χ1n) is 7.05. The van der Waals surface area contributed by atoms with Crippen LogP contribution in [0.3, 0.4) is 0 Å². The van der Waals surface area contributed by atoms with Gasteiger partial charge in [-0.2, -0.15) is 0 Å². The van der Waals surface area contributed by atoms with Gasteiger partial charge in [0.25, 0.3) is 0 Å². The minimum absolute atomic E-state index is 0.377. The molecule has 1 aliphatic heterocycles. The second-order valence-corrected chi connectivity index (χ2v) is 5.24. The van der Waals surface area contributed by atoms with Crippen molar-refractivity contribution in [2.24, 2.45) is 0 Å². The van der Waals surface area contributed by atoms with E-state index in [1.165, 1.54) is 0 Å². The Kier molecular flexibility index (Phi) is 4.54. The molecule has 1 atom stereocenters. The quantitative estimate of drug-likeness (QED) is 0.888. The number of rotatable bonds is 4. The number of carboxylic acids is 1. The van der Waals surface area contributed by atoms with E-state index < -0.39 is 5.97 Å². The number of hydrogen-bond acceptors (Lipinski definition) is 5. The highest BCUT2D eigenvalue weighted by Crippen LogP contribution is 2.15. The van der Waals surface area contributed by atoms with Crippen molar-refractivity contribution in [2.75, 3.05) is 31.1 Å². The second kappa shape index (κ2) is 6.17. The van der Waals surface area contributed by atoms with Gasteiger partial charge in [-0.25, -0.2) is 9.97 Å². The zero-order valence-electron chi connectivity index (χ0n) is 12.3. The third kappa shape index (κ3) is 3.25. The second-order valence-electron chi connectivity index (χ2n) is 5.24. The topological polar surface area (TPSA) is 69.6 Å². The summed E-state index contributed by atoms with van der Waals surface area (Å²) >= 11 is 0. The van der Waals surface area contributed by atoms with Crippen molar-refractivity contribution in [3.8, 4) is 0 Å². The van der Waals surface area contributed by atoms with Crippen LogP contribution in [0.2, 0.25) is 0 Å². The number of carboxylic acid groups (broad SMARTS) is 1. The Balaban J connectivity index is 2.02. The molecule has 0 radical (unpaired) electrons. The van der Waals surface area contributed by atoms with Crippen LogP contribution >= 0.6 is 0 Å². The Morgan fingerprint density at radius 2 is 1.80 bits per heavy atom. The highest BCUT2D eigenvalue weighted by molar-refractivity contribution is 5.73. The van der Waals surface area contributed by atoms with Crippen molar-refractivity contribution in [3.05, 3.63) is 17.5 Å². The van der Waals surface area contributed by atoms with E-state index >= 15 is 0 Å². The first kappa shape index (κ1) is 14.7. The Bertz CT molecular complexity index is 464. The van der Waals surface area contributed by atoms with Crippen LogP contribution in [0.1, 0.15) is 24.7 Å². The summed E-state index contributed by atoms with van der Waals surface area (Å²) in [5.74, 6) is 0.0223. The number of aromatic nitrogens is 2. The summed E-state index contributed by atoms with van der Waals surface area (Å²) in [6.45, 7) is 8.86. The molecular formula is C14H22N4O2. The van der Waals surface area contributed by atoms with Crippen molar-refractivity contribution in [1.29, 1.82) is 0 Å². The molecule has 1 saturated heterocycles. The lowest BCUT2D eigenvalue weighted by atomic mass is 10.1. The van der Waals surface area contributed by atoms with E-state index in [1.54, 1.807) is 0 Å². The zero-order valence-corrected chi connectivity index (χ0v) is 12.3. The number of aryl methyl sites for hydroxylation is 2. The summed E-state index contributed by atoms with van der Waals surface area (Å²) in [5.41, 5.74) is 1.93. The summed E-state index contributed by atoms with van der Waals surface area (Å²) in [6, 6.07) is 1.58. The van der Waals surface area contributed by atoms with Gasteiger partial charge in [-0.15, -0.1) is 0 Å². The Morgan fingerprint density at radius 1 is 1.25 bits per heavy atom. The van der Waals surface area contributed by atoms with Gasteiger partial charge < -0.3 is 10.0 Å². The number of hydrogen-bond donors (Lipinski definition) is 1. The first-order chi connectivity index (χ1) is 9.51. The smallest absolute Gasteiger partial charge is 0.320 e. The summed E-state index contributed by atoms with van der Waals surface area (Å²) < 4.78 is 0. The van der Waals surface area contributed by atoms with Crippen LogP contribution in [0, 0.1) is 13.8 Å². The highest BCUT2D eigenvalue weighted by Gasteiger charge is 2.28. The van der Waals surface area contributed by atoms with Crippen LogP contribution in [0.25, 0.3) is 0 Å². The molecule has 6 nitrogen and oxygen atoms in total.